The molecule has 5 nitrogen and oxygen atoms in total. The van der Waals surface area contributed by atoms with Gasteiger partial charge in [0.15, 0.2) is 5.78 Å². The number of amides is 1. The Balaban J connectivity index is 1.80. The Labute approximate surface area is 150 Å². The van der Waals surface area contributed by atoms with Crippen LogP contribution in [0.2, 0.25) is 0 Å². The van der Waals surface area contributed by atoms with E-state index in [0.29, 0.717) is 42.0 Å². The normalized spacial score (nSPS) is 13.3. The van der Waals surface area contributed by atoms with Crippen molar-refractivity contribution in [1.82, 2.24) is 9.38 Å². The predicted octanol–water partition coefficient (Wildman–Crippen LogP) is 3.44. The summed E-state index contributed by atoms with van der Waals surface area (Å²) in [5.74, 6) is -0.614. The lowest BCUT2D eigenvalue weighted by atomic mass is 10.1. The number of imidazole rings is 1. The topological polar surface area (TPSA) is 54.7 Å². The molecule has 0 saturated carbocycles. The van der Waals surface area contributed by atoms with Gasteiger partial charge in [-0.15, -0.1) is 0 Å². The van der Waals surface area contributed by atoms with E-state index in [9.17, 15) is 14.0 Å². The minimum Gasteiger partial charge on any atom is -0.306 e. The van der Waals surface area contributed by atoms with Crippen molar-refractivity contribution in [3.8, 4) is 0 Å². The van der Waals surface area contributed by atoms with Crippen molar-refractivity contribution < 1.29 is 14.0 Å². The highest BCUT2D eigenvalue weighted by Gasteiger charge is 2.30. The summed E-state index contributed by atoms with van der Waals surface area (Å²) >= 11 is 0. The maximum atomic E-state index is 13.7. The van der Waals surface area contributed by atoms with E-state index < -0.39 is 5.82 Å². The Kier molecular flexibility index (Phi) is 3.83. The molecular weight excluding hydrogens is 333 g/mol. The number of benzene rings is 1. The van der Waals surface area contributed by atoms with Gasteiger partial charge in [0.2, 0.25) is 0 Å². The highest BCUT2D eigenvalue weighted by molar-refractivity contribution is 6.08. The predicted molar refractivity (Wildman–Crippen MR) is 96.4 cm³/mol. The zero-order valence-corrected chi connectivity index (χ0v) is 14.6. The largest absolute Gasteiger partial charge is 0.306 e. The van der Waals surface area contributed by atoms with Crippen molar-refractivity contribution >= 4 is 23.0 Å². The molecule has 1 aliphatic heterocycles. The van der Waals surface area contributed by atoms with Crippen LogP contribution in [-0.4, -0.2) is 27.6 Å². The van der Waals surface area contributed by atoms with Crippen LogP contribution < -0.4 is 4.90 Å². The average molecular weight is 351 g/mol. The van der Waals surface area contributed by atoms with E-state index in [-0.39, 0.29) is 11.7 Å². The van der Waals surface area contributed by atoms with Gasteiger partial charge in [-0.05, 0) is 55.7 Å². The molecular formula is C20H18FN3O2. The van der Waals surface area contributed by atoms with Crippen LogP contribution in [0.3, 0.4) is 0 Å². The number of carbonyl (C=O) groups is 2. The number of aryl methyl sites for hydroxylation is 1. The van der Waals surface area contributed by atoms with E-state index in [1.165, 1.54) is 23.6 Å². The highest BCUT2D eigenvalue weighted by atomic mass is 19.1. The van der Waals surface area contributed by atoms with Gasteiger partial charge < -0.3 is 4.90 Å². The first-order valence-corrected chi connectivity index (χ1v) is 8.61. The molecule has 1 aromatic carbocycles. The number of Topliss-reactive ketones (excluding diaryl/α,β-unsaturated/α-hetero) is 1. The molecule has 6 heteroatoms. The van der Waals surface area contributed by atoms with Gasteiger partial charge in [-0.25, -0.2) is 9.37 Å². The second-order valence-electron chi connectivity index (χ2n) is 6.44. The standard InChI is InChI=1S/C20H18FN3O2/c1-3-16-19(24-11-15(21)5-7-18(24)22-16)20(26)23-9-8-14-10-13(12(2)25)4-6-17(14)23/h4-7,10-11H,3,8-9H2,1-2H3. The summed E-state index contributed by atoms with van der Waals surface area (Å²) in [4.78, 5) is 31.0. The third kappa shape index (κ3) is 2.49. The van der Waals surface area contributed by atoms with E-state index in [1.54, 1.807) is 17.0 Å². The number of hydrogen-bond acceptors (Lipinski definition) is 3. The lowest BCUT2D eigenvalue weighted by Gasteiger charge is -2.18. The number of nitrogens with zero attached hydrogens (tertiary/aromatic N) is 3. The number of rotatable bonds is 3. The fourth-order valence-electron chi connectivity index (χ4n) is 3.50. The third-order valence-corrected chi connectivity index (χ3v) is 4.82. The fourth-order valence-corrected chi connectivity index (χ4v) is 3.50. The minimum absolute atomic E-state index is 0.00288. The van der Waals surface area contributed by atoms with Crippen molar-refractivity contribution in [2.45, 2.75) is 26.7 Å². The van der Waals surface area contributed by atoms with Gasteiger partial charge in [0.05, 0.1) is 5.69 Å². The molecule has 0 saturated heterocycles. The summed E-state index contributed by atoms with van der Waals surface area (Å²) in [6.07, 6.45) is 2.56. The molecule has 4 rings (SSSR count). The van der Waals surface area contributed by atoms with Gasteiger partial charge in [-0.2, -0.15) is 0 Å². The zero-order valence-electron chi connectivity index (χ0n) is 14.6. The molecule has 0 bridgehead atoms. The highest BCUT2D eigenvalue weighted by Crippen LogP contribution is 2.31. The number of carbonyl (C=O) groups excluding carboxylic acids is 2. The van der Waals surface area contributed by atoms with Crippen molar-refractivity contribution in [2.24, 2.45) is 0 Å². The van der Waals surface area contributed by atoms with Crippen molar-refractivity contribution in [3.05, 3.63) is 64.9 Å². The van der Waals surface area contributed by atoms with Gasteiger partial charge in [0.1, 0.15) is 17.2 Å². The van der Waals surface area contributed by atoms with E-state index in [0.717, 1.165) is 11.3 Å². The molecule has 0 aliphatic carbocycles. The summed E-state index contributed by atoms with van der Waals surface area (Å²) in [6.45, 7) is 3.98. The Morgan fingerprint density at radius 2 is 2.04 bits per heavy atom. The second-order valence-corrected chi connectivity index (χ2v) is 6.44. The monoisotopic (exact) mass is 351 g/mol. The summed E-state index contributed by atoms with van der Waals surface area (Å²) in [5, 5.41) is 0. The molecule has 3 aromatic rings. The number of hydrogen-bond donors (Lipinski definition) is 0. The number of pyridine rings is 1. The Bertz CT molecular complexity index is 1050. The number of anilines is 1. The Morgan fingerprint density at radius 1 is 1.23 bits per heavy atom. The van der Waals surface area contributed by atoms with Crippen LogP contribution in [0, 0.1) is 5.82 Å². The first-order valence-electron chi connectivity index (χ1n) is 8.61. The molecule has 0 spiro atoms. The molecule has 0 fully saturated rings. The van der Waals surface area contributed by atoms with Crippen molar-refractivity contribution in [2.75, 3.05) is 11.4 Å². The molecule has 0 unspecified atom stereocenters. The first-order chi connectivity index (χ1) is 12.5. The number of halogens is 1. The lowest BCUT2D eigenvalue weighted by molar-refractivity contribution is 0.0981. The molecule has 3 heterocycles. The number of ketones is 1. The third-order valence-electron chi connectivity index (χ3n) is 4.82. The van der Waals surface area contributed by atoms with Gasteiger partial charge >= 0.3 is 0 Å². The van der Waals surface area contributed by atoms with Crippen LogP contribution in [0.25, 0.3) is 5.65 Å². The molecule has 132 valence electrons. The number of aromatic nitrogens is 2. The Hall–Kier alpha value is -3.02. The smallest absolute Gasteiger partial charge is 0.277 e. The van der Waals surface area contributed by atoms with Crippen molar-refractivity contribution in [1.29, 1.82) is 0 Å². The van der Waals surface area contributed by atoms with Crippen LogP contribution >= 0.6 is 0 Å². The summed E-state index contributed by atoms with van der Waals surface area (Å²) in [5.41, 5.74) is 4.01. The van der Waals surface area contributed by atoms with Crippen LogP contribution in [0.5, 0.6) is 0 Å². The minimum atomic E-state index is -0.417. The molecule has 0 atom stereocenters. The fraction of sp³-hybridized carbons (Fsp3) is 0.250. The molecule has 1 amide bonds. The molecule has 1 aliphatic rings. The van der Waals surface area contributed by atoms with Crippen LogP contribution in [-0.2, 0) is 12.8 Å². The first kappa shape index (κ1) is 16.4. The summed E-state index contributed by atoms with van der Waals surface area (Å²) < 4.78 is 15.3. The number of fused-ring (bicyclic) bond motifs is 2. The zero-order chi connectivity index (χ0) is 18.4. The van der Waals surface area contributed by atoms with E-state index >= 15 is 0 Å². The van der Waals surface area contributed by atoms with Gasteiger partial charge in [0.25, 0.3) is 5.91 Å². The van der Waals surface area contributed by atoms with E-state index in [2.05, 4.69) is 4.98 Å². The van der Waals surface area contributed by atoms with E-state index in [4.69, 9.17) is 0 Å². The lowest BCUT2D eigenvalue weighted by Crippen LogP contribution is -2.30. The summed E-state index contributed by atoms with van der Waals surface area (Å²) in [6, 6.07) is 8.31. The quantitative estimate of drug-likeness (QED) is 0.679. The molecule has 0 radical (unpaired) electrons. The van der Waals surface area contributed by atoms with E-state index in [1.807, 2.05) is 19.1 Å². The maximum absolute atomic E-state index is 13.7. The van der Waals surface area contributed by atoms with Gasteiger partial charge in [-0.3, -0.25) is 14.0 Å². The molecule has 26 heavy (non-hydrogen) atoms. The summed E-state index contributed by atoms with van der Waals surface area (Å²) in [7, 11) is 0. The van der Waals surface area contributed by atoms with Crippen LogP contribution in [0.4, 0.5) is 10.1 Å². The SMILES string of the molecule is CCc1nc2ccc(F)cn2c1C(=O)N1CCc2cc(C(C)=O)ccc21. The van der Waals surface area contributed by atoms with Crippen LogP contribution in [0.1, 0.15) is 46.0 Å². The maximum Gasteiger partial charge on any atom is 0.277 e. The van der Waals surface area contributed by atoms with Crippen LogP contribution in [0.15, 0.2) is 36.5 Å². The average Bonchev–Trinajstić information content (AvgIpc) is 3.21. The second kappa shape index (κ2) is 6.05. The molecule has 2 aromatic heterocycles. The van der Waals surface area contributed by atoms with Gasteiger partial charge in [-0.1, -0.05) is 6.92 Å². The van der Waals surface area contributed by atoms with Gasteiger partial charge in [0, 0.05) is 24.0 Å². The van der Waals surface area contributed by atoms with Crippen molar-refractivity contribution in [3.63, 3.8) is 0 Å². The Morgan fingerprint density at radius 3 is 2.77 bits per heavy atom. The molecule has 0 N–H and O–H groups in total.